The molecule has 0 radical (unpaired) electrons. The van der Waals surface area contributed by atoms with E-state index in [1.807, 2.05) is 30.3 Å². The molecule has 1 N–H and O–H groups in total. The van der Waals surface area contributed by atoms with Crippen LogP contribution in [0.3, 0.4) is 0 Å². The van der Waals surface area contributed by atoms with Crippen molar-refractivity contribution in [3.63, 3.8) is 0 Å². The van der Waals surface area contributed by atoms with Gasteiger partial charge in [-0.1, -0.05) is 30.3 Å². The number of ether oxygens (including phenoxy) is 3. The number of carbonyl (C=O) groups is 1. The predicted octanol–water partition coefficient (Wildman–Crippen LogP) is 5.98. The van der Waals surface area contributed by atoms with E-state index in [1.54, 1.807) is 12.1 Å². The number of urea groups is 1. The fourth-order valence-corrected chi connectivity index (χ4v) is 3.97. The molecule has 192 valence electrons. The highest BCUT2D eigenvalue weighted by Gasteiger charge is 2.49. The van der Waals surface area contributed by atoms with E-state index >= 15 is 0 Å². The van der Waals surface area contributed by atoms with Crippen molar-refractivity contribution in [2.24, 2.45) is 5.10 Å². The van der Waals surface area contributed by atoms with Crippen LogP contribution in [-0.2, 0) is 0 Å². The van der Waals surface area contributed by atoms with Gasteiger partial charge in [-0.15, -0.1) is 0 Å². The number of carbonyl (C=O) groups excluding carboxylic acids is 1. The van der Waals surface area contributed by atoms with E-state index in [-0.39, 0.29) is 35.4 Å². The first-order chi connectivity index (χ1) is 17.7. The molecule has 0 fully saturated rings. The highest BCUT2D eigenvalue weighted by molar-refractivity contribution is 6.08. The van der Waals surface area contributed by atoms with Crippen LogP contribution in [0.25, 0.3) is 0 Å². The molecule has 2 aliphatic heterocycles. The van der Waals surface area contributed by atoms with Gasteiger partial charge in [0, 0.05) is 17.7 Å². The van der Waals surface area contributed by atoms with Gasteiger partial charge < -0.3 is 19.5 Å². The maximum Gasteiger partial charge on any atom is 0.468 e. The maximum atomic E-state index is 13.5. The van der Waals surface area contributed by atoms with E-state index < -0.39 is 25.1 Å². The van der Waals surface area contributed by atoms with Crippen LogP contribution in [-0.4, -0.2) is 42.4 Å². The largest absolute Gasteiger partial charge is 0.468 e. The quantitative estimate of drug-likeness (QED) is 0.421. The van der Waals surface area contributed by atoms with Crippen molar-refractivity contribution in [2.45, 2.75) is 25.0 Å². The summed E-state index contributed by atoms with van der Waals surface area (Å²) >= 11 is 0. The van der Waals surface area contributed by atoms with Crippen LogP contribution in [0.15, 0.2) is 77.9 Å². The molecule has 3 aromatic rings. The van der Waals surface area contributed by atoms with Crippen LogP contribution in [0.4, 0.5) is 32.4 Å². The maximum absolute atomic E-state index is 13.5. The van der Waals surface area contributed by atoms with E-state index in [4.69, 9.17) is 0 Å². The van der Waals surface area contributed by atoms with Crippen LogP contribution in [0.2, 0.25) is 0 Å². The number of anilines is 1. The van der Waals surface area contributed by atoms with E-state index in [2.05, 4.69) is 24.6 Å². The highest BCUT2D eigenvalue weighted by atomic mass is 19.3. The van der Waals surface area contributed by atoms with Crippen molar-refractivity contribution in [1.82, 2.24) is 5.01 Å². The molecule has 2 atom stereocenters. The van der Waals surface area contributed by atoms with Crippen LogP contribution in [0, 0.1) is 0 Å². The number of nitrogens with zero attached hydrogens (tertiary/aromatic N) is 2. The zero-order valence-corrected chi connectivity index (χ0v) is 18.8. The number of hydrogen-bond acceptors (Lipinski definition) is 5. The molecule has 0 aliphatic carbocycles. The Hall–Kier alpha value is -4.35. The molecule has 12 heteroatoms. The SMILES string of the molecule is O=C(Nc1ccc2c(c1)O[C@@H](F)C(F)(F)O2)N1C[C@H](c2ccccc2)C(c2ccc(OC(F)F)cc2)=N1. The van der Waals surface area contributed by atoms with Crippen LogP contribution in [0.5, 0.6) is 17.2 Å². The fraction of sp³-hybridized carbons (Fsp3) is 0.200. The molecule has 0 aromatic heterocycles. The first kappa shape index (κ1) is 24.3. The summed E-state index contributed by atoms with van der Waals surface area (Å²) in [5.74, 6) is -1.02. The van der Waals surface area contributed by atoms with Gasteiger partial charge in [0.05, 0.1) is 12.3 Å². The molecule has 37 heavy (non-hydrogen) atoms. The fourth-order valence-electron chi connectivity index (χ4n) is 3.97. The molecule has 3 aromatic carbocycles. The minimum atomic E-state index is -4.13. The summed E-state index contributed by atoms with van der Waals surface area (Å²) in [6.07, 6.45) is -7.13. The molecule has 0 saturated carbocycles. The second kappa shape index (κ2) is 9.60. The molecule has 0 saturated heterocycles. The van der Waals surface area contributed by atoms with Gasteiger partial charge >= 0.3 is 25.1 Å². The lowest BCUT2D eigenvalue weighted by atomic mass is 9.90. The molecular weight excluding hydrogens is 501 g/mol. The number of nitrogens with one attached hydrogen (secondary N) is 1. The number of hydrazone groups is 1. The number of halogens is 5. The minimum absolute atomic E-state index is 0.0184. The van der Waals surface area contributed by atoms with E-state index in [0.29, 0.717) is 11.3 Å². The van der Waals surface area contributed by atoms with Crippen molar-refractivity contribution in [2.75, 3.05) is 11.9 Å². The highest BCUT2D eigenvalue weighted by Crippen LogP contribution is 2.42. The van der Waals surface area contributed by atoms with Crippen molar-refractivity contribution >= 4 is 17.4 Å². The van der Waals surface area contributed by atoms with E-state index in [1.165, 1.54) is 23.2 Å². The lowest BCUT2D eigenvalue weighted by Crippen LogP contribution is -2.43. The lowest BCUT2D eigenvalue weighted by molar-refractivity contribution is -0.281. The molecule has 0 unspecified atom stereocenters. The summed E-state index contributed by atoms with van der Waals surface area (Å²) in [7, 11) is 0. The summed E-state index contributed by atoms with van der Waals surface area (Å²) in [5, 5.41) is 8.21. The van der Waals surface area contributed by atoms with Crippen molar-refractivity contribution < 1.29 is 41.0 Å². The average molecular weight is 519 g/mol. The standard InChI is InChI=1S/C25H18F5N3O4/c26-22-25(29,30)37-19-11-8-16(12-20(19)36-22)31-24(34)33-13-18(14-4-2-1-3-5-14)21(32-33)15-6-9-17(10-7-15)35-23(27)28/h1-12,18,22-23H,13H2,(H,31,34)/t18-,22-/m1/s1. The Morgan fingerprint density at radius 1 is 1.05 bits per heavy atom. The number of amides is 2. The van der Waals surface area contributed by atoms with Gasteiger partial charge in [0.25, 0.3) is 0 Å². The van der Waals surface area contributed by atoms with Gasteiger partial charge in [-0.2, -0.15) is 27.1 Å². The zero-order valence-electron chi connectivity index (χ0n) is 18.8. The zero-order chi connectivity index (χ0) is 26.2. The smallest absolute Gasteiger partial charge is 0.447 e. The van der Waals surface area contributed by atoms with Crippen molar-refractivity contribution in [1.29, 1.82) is 0 Å². The van der Waals surface area contributed by atoms with Gasteiger partial charge in [0.15, 0.2) is 11.5 Å². The van der Waals surface area contributed by atoms with Gasteiger partial charge in [0.1, 0.15) is 5.75 Å². The second-order valence-electron chi connectivity index (χ2n) is 8.12. The Kier molecular flexibility index (Phi) is 6.32. The Morgan fingerprint density at radius 3 is 2.49 bits per heavy atom. The van der Waals surface area contributed by atoms with Gasteiger partial charge in [-0.25, -0.2) is 9.80 Å². The molecule has 5 rings (SSSR count). The number of benzene rings is 3. The van der Waals surface area contributed by atoms with Crippen molar-refractivity contribution in [3.05, 3.63) is 83.9 Å². The summed E-state index contributed by atoms with van der Waals surface area (Å²) in [6.45, 7) is -2.80. The minimum Gasteiger partial charge on any atom is -0.447 e. The average Bonchev–Trinajstić information content (AvgIpc) is 3.31. The number of fused-ring (bicyclic) bond motifs is 1. The molecule has 2 amide bonds. The normalized spacial score (nSPS) is 19.9. The molecule has 0 bridgehead atoms. The number of rotatable bonds is 5. The first-order valence-electron chi connectivity index (χ1n) is 11.0. The van der Waals surface area contributed by atoms with E-state index in [0.717, 1.165) is 17.7 Å². The Balaban J connectivity index is 1.38. The predicted molar refractivity (Wildman–Crippen MR) is 122 cm³/mol. The molecule has 0 spiro atoms. The third kappa shape index (κ3) is 5.13. The molecular formula is C25H18F5N3O4. The summed E-state index contributed by atoms with van der Waals surface area (Å²) in [5.41, 5.74) is 2.13. The number of alkyl halides is 5. The van der Waals surface area contributed by atoms with Gasteiger partial charge in [-0.05, 0) is 47.5 Å². The van der Waals surface area contributed by atoms with Crippen LogP contribution >= 0.6 is 0 Å². The summed E-state index contributed by atoms with van der Waals surface area (Å²) in [6, 6.07) is 18.1. The molecule has 2 aliphatic rings. The number of hydrogen-bond donors (Lipinski definition) is 1. The molecule has 7 nitrogen and oxygen atoms in total. The topological polar surface area (TPSA) is 72.4 Å². The monoisotopic (exact) mass is 519 g/mol. The Labute approximate surface area is 207 Å². The van der Waals surface area contributed by atoms with Crippen LogP contribution < -0.4 is 19.5 Å². The molecule has 2 heterocycles. The second-order valence-corrected chi connectivity index (χ2v) is 8.12. The van der Waals surface area contributed by atoms with Gasteiger partial charge in [-0.3, -0.25) is 0 Å². The van der Waals surface area contributed by atoms with Crippen molar-refractivity contribution in [3.8, 4) is 17.2 Å². The Morgan fingerprint density at radius 2 is 1.78 bits per heavy atom. The van der Waals surface area contributed by atoms with Gasteiger partial charge in [0.2, 0.25) is 0 Å². The first-order valence-corrected chi connectivity index (χ1v) is 11.0. The summed E-state index contributed by atoms with van der Waals surface area (Å²) < 4.78 is 78.6. The Bertz CT molecular complexity index is 1320. The third-order valence-electron chi connectivity index (χ3n) is 5.66. The van der Waals surface area contributed by atoms with E-state index in [9.17, 15) is 26.7 Å². The third-order valence-corrected chi connectivity index (χ3v) is 5.66. The lowest BCUT2D eigenvalue weighted by Gasteiger charge is -2.28. The van der Waals surface area contributed by atoms with Crippen LogP contribution in [0.1, 0.15) is 17.0 Å². The summed E-state index contributed by atoms with van der Waals surface area (Å²) in [4.78, 5) is 13.0.